The first-order valence-corrected chi connectivity index (χ1v) is 6.57. The first kappa shape index (κ1) is 14.0. The van der Waals surface area contributed by atoms with Gasteiger partial charge in [-0.1, -0.05) is 25.1 Å². The lowest BCUT2D eigenvalue weighted by Crippen LogP contribution is -2.08. The minimum Gasteiger partial charge on any atom is -0.338 e. The van der Waals surface area contributed by atoms with Crippen molar-refractivity contribution < 1.29 is 4.79 Å². The number of benzene rings is 1. The highest BCUT2D eigenvalue weighted by atomic mass is 16.1. The molecule has 5 heteroatoms. The molecule has 0 unspecified atom stereocenters. The van der Waals surface area contributed by atoms with Gasteiger partial charge in [0.25, 0.3) is 0 Å². The predicted octanol–water partition coefficient (Wildman–Crippen LogP) is 3.05. The molecule has 1 aromatic carbocycles. The van der Waals surface area contributed by atoms with Crippen LogP contribution in [0.25, 0.3) is 0 Å². The Hall–Kier alpha value is -2.43. The lowest BCUT2D eigenvalue weighted by molar-refractivity contribution is -0.114. The van der Waals surface area contributed by atoms with Crippen LogP contribution in [0.3, 0.4) is 0 Å². The molecule has 1 amide bonds. The third-order valence-electron chi connectivity index (χ3n) is 2.96. The van der Waals surface area contributed by atoms with Gasteiger partial charge in [-0.3, -0.25) is 4.79 Å². The topological polar surface area (TPSA) is 66.9 Å². The Balaban J connectivity index is 2.20. The first-order valence-electron chi connectivity index (χ1n) is 6.57. The molecule has 2 rings (SSSR count). The van der Waals surface area contributed by atoms with Crippen molar-refractivity contribution in [3.8, 4) is 0 Å². The SMILES string of the molecule is CCc1cccc(C)c1Nc1ccc(NC(C)=O)nn1. The normalized spacial score (nSPS) is 10.2. The summed E-state index contributed by atoms with van der Waals surface area (Å²) in [5, 5.41) is 13.9. The van der Waals surface area contributed by atoms with Crippen LogP contribution < -0.4 is 10.6 Å². The second-order valence-corrected chi connectivity index (χ2v) is 4.57. The average Bonchev–Trinajstić information content (AvgIpc) is 2.42. The Kier molecular flexibility index (Phi) is 4.30. The summed E-state index contributed by atoms with van der Waals surface area (Å²) >= 11 is 0. The third-order valence-corrected chi connectivity index (χ3v) is 2.96. The average molecular weight is 270 g/mol. The van der Waals surface area contributed by atoms with Crippen molar-refractivity contribution in [1.82, 2.24) is 10.2 Å². The summed E-state index contributed by atoms with van der Waals surface area (Å²) in [6.07, 6.45) is 0.946. The predicted molar refractivity (Wildman–Crippen MR) is 80.2 cm³/mol. The van der Waals surface area contributed by atoms with Crippen LogP contribution in [0, 0.1) is 6.92 Å². The molecule has 0 aliphatic rings. The number of nitrogens with one attached hydrogen (secondary N) is 2. The van der Waals surface area contributed by atoms with Gasteiger partial charge >= 0.3 is 0 Å². The number of hydrogen-bond donors (Lipinski definition) is 2. The zero-order valence-corrected chi connectivity index (χ0v) is 11.9. The molecule has 0 spiro atoms. The van der Waals surface area contributed by atoms with Crippen molar-refractivity contribution in [1.29, 1.82) is 0 Å². The summed E-state index contributed by atoms with van der Waals surface area (Å²) in [7, 11) is 0. The monoisotopic (exact) mass is 270 g/mol. The highest BCUT2D eigenvalue weighted by Gasteiger charge is 2.06. The number of nitrogens with zero attached hydrogens (tertiary/aromatic N) is 2. The lowest BCUT2D eigenvalue weighted by atomic mass is 10.1. The molecule has 1 heterocycles. The second-order valence-electron chi connectivity index (χ2n) is 4.57. The largest absolute Gasteiger partial charge is 0.338 e. The number of amides is 1. The number of rotatable bonds is 4. The third kappa shape index (κ3) is 3.32. The Morgan fingerprint density at radius 2 is 1.85 bits per heavy atom. The van der Waals surface area contributed by atoms with Crippen LogP contribution in [-0.4, -0.2) is 16.1 Å². The number of para-hydroxylation sites is 1. The van der Waals surface area contributed by atoms with Gasteiger partial charge in [0.1, 0.15) is 0 Å². The van der Waals surface area contributed by atoms with E-state index in [1.54, 1.807) is 12.1 Å². The molecular formula is C15H18N4O. The molecule has 0 aliphatic carbocycles. The van der Waals surface area contributed by atoms with Gasteiger partial charge in [-0.05, 0) is 36.6 Å². The number of anilines is 3. The molecule has 2 N–H and O–H groups in total. The second kappa shape index (κ2) is 6.14. The van der Waals surface area contributed by atoms with E-state index in [0.29, 0.717) is 11.6 Å². The molecule has 0 atom stereocenters. The molecule has 5 nitrogen and oxygen atoms in total. The van der Waals surface area contributed by atoms with Gasteiger partial charge in [0.05, 0.1) is 0 Å². The van der Waals surface area contributed by atoms with Crippen molar-refractivity contribution in [2.24, 2.45) is 0 Å². The molecule has 0 aliphatic heterocycles. The summed E-state index contributed by atoms with van der Waals surface area (Å²) in [5.74, 6) is 0.943. The van der Waals surface area contributed by atoms with E-state index in [1.807, 2.05) is 6.07 Å². The molecule has 2 aromatic rings. The zero-order valence-electron chi connectivity index (χ0n) is 11.9. The fourth-order valence-electron chi connectivity index (χ4n) is 1.98. The standard InChI is InChI=1S/C15H18N4O/c1-4-12-7-5-6-10(2)15(12)17-14-9-8-13(18-19-14)16-11(3)20/h5-9H,4H2,1-3H3,(H,17,19)(H,16,18,20). The van der Waals surface area contributed by atoms with Gasteiger partial charge in [0, 0.05) is 12.6 Å². The van der Waals surface area contributed by atoms with Gasteiger partial charge in [-0.2, -0.15) is 0 Å². The number of aryl methyl sites for hydroxylation is 2. The van der Waals surface area contributed by atoms with Crippen LogP contribution in [-0.2, 0) is 11.2 Å². The molecule has 104 valence electrons. The zero-order chi connectivity index (χ0) is 14.5. The van der Waals surface area contributed by atoms with Gasteiger partial charge in [-0.15, -0.1) is 10.2 Å². The van der Waals surface area contributed by atoms with Gasteiger partial charge in [-0.25, -0.2) is 0 Å². The molecule has 0 bridgehead atoms. The van der Waals surface area contributed by atoms with Gasteiger partial charge in [0.2, 0.25) is 5.91 Å². The van der Waals surface area contributed by atoms with Crippen LogP contribution in [0.1, 0.15) is 25.0 Å². The molecule has 0 saturated heterocycles. The summed E-state index contributed by atoms with van der Waals surface area (Å²) in [5.41, 5.74) is 3.46. The van der Waals surface area contributed by atoms with Crippen LogP contribution >= 0.6 is 0 Å². The van der Waals surface area contributed by atoms with Crippen molar-refractivity contribution in [3.63, 3.8) is 0 Å². The maximum Gasteiger partial charge on any atom is 0.222 e. The Bertz CT molecular complexity index is 608. The van der Waals surface area contributed by atoms with Crippen LogP contribution in [0.15, 0.2) is 30.3 Å². The maximum absolute atomic E-state index is 10.9. The van der Waals surface area contributed by atoms with Gasteiger partial charge in [0.15, 0.2) is 11.6 Å². The highest BCUT2D eigenvalue weighted by Crippen LogP contribution is 2.24. The van der Waals surface area contributed by atoms with E-state index < -0.39 is 0 Å². The summed E-state index contributed by atoms with van der Waals surface area (Å²) in [6.45, 7) is 5.61. The number of carbonyl (C=O) groups excluding carboxylic acids is 1. The van der Waals surface area contributed by atoms with Crippen LogP contribution in [0.4, 0.5) is 17.3 Å². The van der Waals surface area contributed by atoms with Crippen molar-refractivity contribution in [2.45, 2.75) is 27.2 Å². The molecule has 20 heavy (non-hydrogen) atoms. The Morgan fingerprint density at radius 1 is 1.15 bits per heavy atom. The molecule has 1 aromatic heterocycles. The molecular weight excluding hydrogens is 252 g/mol. The summed E-state index contributed by atoms with van der Waals surface area (Å²) < 4.78 is 0. The van der Waals surface area contributed by atoms with Gasteiger partial charge < -0.3 is 10.6 Å². The maximum atomic E-state index is 10.9. The van der Waals surface area contributed by atoms with E-state index in [0.717, 1.165) is 17.7 Å². The minimum absolute atomic E-state index is 0.160. The van der Waals surface area contributed by atoms with E-state index in [-0.39, 0.29) is 5.91 Å². The number of hydrogen-bond acceptors (Lipinski definition) is 4. The van der Waals surface area contributed by atoms with E-state index in [2.05, 4.69) is 46.8 Å². The van der Waals surface area contributed by atoms with Crippen molar-refractivity contribution >= 4 is 23.2 Å². The van der Waals surface area contributed by atoms with Crippen LogP contribution in [0.2, 0.25) is 0 Å². The Morgan fingerprint density at radius 3 is 2.45 bits per heavy atom. The summed E-state index contributed by atoms with van der Waals surface area (Å²) in [4.78, 5) is 10.9. The number of carbonyl (C=O) groups is 1. The fourth-order valence-corrected chi connectivity index (χ4v) is 1.98. The fraction of sp³-hybridized carbons (Fsp3) is 0.267. The van der Waals surface area contributed by atoms with Crippen molar-refractivity contribution in [3.05, 3.63) is 41.5 Å². The first-order chi connectivity index (χ1) is 9.60. The smallest absolute Gasteiger partial charge is 0.222 e. The number of aromatic nitrogens is 2. The summed E-state index contributed by atoms with van der Waals surface area (Å²) in [6, 6.07) is 9.71. The van der Waals surface area contributed by atoms with E-state index in [4.69, 9.17) is 0 Å². The quantitative estimate of drug-likeness (QED) is 0.896. The van der Waals surface area contributed by atoms with Crippen molar-refractivity contribution in [2.75, 3.05) is 10.6 Å². The van der Waals surface area contributed by atoms with E-state index in [1.165, 1.54) is 12.5 Å². The molecule has 0 saturated carbocycles. The lowest BCUT2D eigenvalue weighted by Gasteiger charge is -2.13. The molecule has 0 fully saturated rings. The van der Waals surface area contributed by atoms with E-state index >= 15 is 0 Å². The highest BCUT2D eigenvalue weighted by molar-refractivity contribution is 5.87. The molecule has 0 radical (unpaired) electrons. The van der Waals surface area contributed by atoms with E-state index in [9.17, 15) is 4.79 Å². The van der Waals surface area contributed by atoms with Crippen LogP contribution in [0.5, 0.6) is 0 Å². The minimum atomic E-state index is -0.160. The Labute approximate surface area is 118 Å².